The number of unbranched alkanes of at least 4 members (excludes halogenated alkanes) is 1. The summed E-state index contributed by atoms with van der Waals surface area (Å²) in [4.78, 5) is 168. The van der Waals surface area contributed by atoms with Crippen molar-refractivity contribution in [2.24, 2.45) is 67.7 Å². The molecule has 0 bridgehead atoms. The van der Waals surface area contributed by atoms with Gasteiger partial charge in [-0.2, -0.15) is 37.9 Å². The molecule has 88 heavy (non-hydrogen) atoms. The average molecular weight is 1300 g/mol. The number of primary amides is 2. The molecule has 0 aliphatic carbocycles. The second-order valence-electron chi connectivity index (χ2n) is 20.9. The maximum atomic E-state index is 14.2. The zero-order valence-electron chi connectivity index (χ0n) is 49.8. The first kappa shape index (κ1) is 78.2. The molecule has 12 amide bonds. The van der Waals surface area contributed by atoms with Crippen molar-refractivity contribution < 1.29 is 62.6 Å². The Kier molecular flexibility index (Phi) is 36.7. The predicted molar refractivity (Wildman–Crippen MR) is 337 cm³/mol. The van der Waals surface area contributed by atoms with E-state index < -0.39 is 156 Å². The molecule has 1 rings (SSSR count). The van der Waals surface area contributed by atoms with Crippen molar-refractivity contribution in [3.63, 3.8) is 0 Å². The summed E-state index contributed by atoms with van der Waals surface area (Å²) in [7, 11) is 0. The van der Waals surface area contributed by atoms with Crippen molar-refractivity contribution in [2.45, 2.75) is 146 Å². The van der Waals surface area contributed by atoms with Crippen molar-refractivity contribution in [1.29, 1.82) is 0 Å². The number of amides is 12. The van der Waals surface area contributed by atoms with Crippen molar-refractivity contribution in [1.82, 2.24) is 53.2 Å². The van der Waals surface area contributed by atoms with Crippen LogP contribution in [-0.2, 0) is 64.0 Å². The molecular weight excluding hydrogens is 1210 g/mol. The van der Waals surface area contributed by atoms with Gasteiger partial charge in [-0.1, -0.05) is 39.8 Å². The first-order valence-electron chi connectivity index (χ1n) is 28.1. The van der Waals surface area contributed by atoms with Crippen LogP contribution in [0.4, 0.5) is 0 Å². The molecule has 0 saturated carbocycles. The average Bonchev–Trinajstić information content (AvgIpc) is 3.53. The largest absolute Gasteiger partial charge is 0.508 e. The van der Waals surface area contributed by atoms with Crippen LogP contribution in [0.5, 0.6) is 5.75 Å². The first-order chi connectivity index (χ1) is 41.4. The van der Waals surface area contributed by atoms with Gasteiger partial charge in [0.05, 0.1) is 19.0 Å². The summed E-state index contributed by atoms with van der Waals surface area (Å²) in [5.41, 5.74) is 44.9. The number of nitrogens with one attached hydrogen (secondary N) is 10. The number of carbonyl (C=O) groups is 12. The molecule has 0 heterocycles. The van der Waals surface area contributed by atoms with Gasteiger partial charge in [-0.25, -0.2) is 0 Å². The van der Waals surface area contributed by atoms with Crippen LogP contribution in [0.2, 0.25) is 0 Å². The number of aliphatic imine (C=N–C) groups is 2. The third-order valence-corrected chi connectivity index (χ3v) is 14.0. The number of nitrogens with zero attached hydrogens (tertiary/aromatic N) is 2. The Morgan fingerprint density at radius 2 is 0.864 bits per heavy atom. The lowest BCUT2D eigenvalue weighted by Gasteiger charge is -2.29. The van der Waals surface area contributed by atoms with E-state index >= 15 is 0 Å². The summed E-state index contributed by atoms with van der Waals surface area (Å²) >= 11 is 12.6. The van der Waals surface area contributed by atoms with Gasteiger partial charge in [0.1, 0.15) is 60.1 Å². The molecule has 0 aromatic heterocycles. The van der Waals surface area contributed by atoms with Crippen molar-refractivity contribution in [3.05, 3.63) is 29.8 Å². The molecule has 0 unspecified atom stereocenters. The lowest BCUT2D eigenvalue weighted by Crippen LogP contribution is -2.62. The molecule has 1 aromatic carbocycles. The van der Waals surface area contributed by atoms with Crippen LogP contribution in [0.15, 0.2) is 34.3 Å². The molecule has 0 aliphatic heterocycles. The second kappa shape index (κ2) is 41.3. The van der Waals surface area contributed by atoms with E-state index in [1.807, 2.05) is 0 Å². The van der Waals surface area contributed by atoms with Gasteiger partial charge in [-0.15, -0.1) is 0 Å². The highest BCUT2D eigenvalue weighted by molar-refractivity contribution is 7.80. The number of thiol groups is 3. The van der Waals surface area contributed by atoms with Crippen LogP contribution in [0, 0.1) is 11.8 Å². The molecule has 0 spiro atoms. The summed E-state index contributed by atoms with van der Waals surface area (Å²) in [6.07, 6.45) is 0.265. The first-order valence-corrected chi connectivity index (χ1v) is 30.0. The number of phenols is 1. The third-order valence-electron chi connectivity index (χ3n) is 12.9. The quantitative estimate of drug-likeness (QED) is 0.0125. The summed E-state index contributed by atoms with van der Waals surface area (Å²) < 4.78 is 0. The van der Waals surface area contributed by atoms with E-state index in [0.717, 1.165) is 0 Å². The van der Waals surface area contributed by atoms with Gasteiger partial charge in [0.2, 0.25) is 70.9 Å². The summed E-state index contributed by atoms with van der Waals surface area (Å²) in [6, 6.07) is -7.56. The highest BCUT2D eigenvalue weighted by atomic mass is 32.1. The van der Waals surface area contributed by atoms with Gasteiger partial charge in [-0.3, -0.25) is 67.5 Å². The Morgan fingerprint density at radius 1 is 0.477 bits per heavy atom. The van der Waals surface area contributed by atoms with E-state index in [1.54, 1.807) is 39.8 Å². The fraction of sp³-hybridized carbons (Fsp3) is 0.615. The number of guanidine groups is 2. The van der Waals surface area contributed by atoms with E-state index in [1.165, 1.54) is 12.1 Å². The normalized spacial score (nSPS) is 14.4. The Bertz CT molecular complexity index is 2580. The highest BCUT2D eigenvalue weighted by Crippen LogP contribution is 2.13. The second-order valence-corrected chi connectivity index (χ2v) is 22.0. The molecule has 27 N–H and O–H groups in total. The molecule has 10 atom stereocenters. The van der Waals surface area contributed by atoms with Gasteiger partial charge in [-0.05, 0) is 87.4 Å². The Hall–Kier alpha value is -7.83. The van der Waals surface area contributed by atoms with Crippen molar-refractivity contribution in [2.75, 3.05) is 43.4 Å². The van der Waals surface area contributed by atoms with Gasteiger partial charge < -0.3 is 104 Å². The van der Waals surface area contributed by atoms with Crippen LogP contribution in [-0.4, -0.2) is 192 Å². The fourth-order valence-corrected chi connectivity index (χ4v) is 8.80. The number of carbonyl (C=O) groups excluding carboxylic acids is 12. The van der Waals surface area contributed by atoms with Crippen LogP contribution >= 0.6 is 37.9 Å². The predicted octanol–water partition coefficient (Wildman–Crippen LogP) is -7.56. The number of hydrogen-bond acceptors (Lipinski definition) is 20. The lowest BCUT2D eigenvalue weighted by atomic mass is 10.0. The molecule has 0 radical (unpaired) electrons. The molecule has 0 fully saturated rings. The van der Waals surface area contributed by atoms with E-state index in [4.69, 9.17) is 45.9 Å². The Balaban J connectivity index is 3.28. The van der Waals surface area contributed by atoms with Crippen LogP contribution in [0.3, 0.4) is 0 Å². The molecule has 0 saturated heterocycles. The summed E-state index contributed by atoms with van der Waals surface area (Å²) in [5, 5.41) is 34.4. The molecular formula is C52H90N20O13S3. The van der Waals surface area contributed by atoms with E-state index in [0.29, 0.717) is 12.0 Å². The summed E-state index contributed by atoms with van der Waals surface area (Å²) in [5.74, 6) is -13.2. The summed E-state index contributed by atoms with van der Waals surface area (Å²) in [6.45, 7) is 5.92. The number of nitrogens with two attached hydrogens (primary N) is 8. The maximum Gasteiger partial charge on any atom is 0.244 e. The maximum absolute atomic E-state index is 14.2. The molecule has 33 nitrogen and oxygen atoms in total. The van der Waals surface area contributed by atoms with E-state index in [9.17, 15) is 62.6 Å². The zero-order valence-corrected chi connectivity index (χ0v) is 52.4. The number of rotatable bonds is 42. The van der Waals surface area contributed by atoms with Crippen LogP contribution < -0.4 is 99.0 Å². The van der Waals surface area contributed by atoms with Crippen LogP contribution in [0.1, 0.15) is 84.6 Å². The standard InChI is InChI=1S/C52H90N20O13S3/c1-25(2)39(49(84)70-36(24-88)48(83)72-40(26(3)4)50(85)69-35(23-87)46(81)65-30(41(56)76)10-7-17-61-51(57)58)71-45(80)32(11-8-18-62-52(59)60)66-44(79)31(9-5-6-16-53)64-38(75)21-63-43(78)33(20-37(55)74)67-47(82)34(22-86)68-42(77)29(54)19-27-12-14-28(73)15-13-27/h12-15,25-26,29-36,39-40,73,86-88H,5-11,16-24,53-54H2,1-4H3,(H2,55,74)(H2,56,76)(H,63,78)(H,64,75)(H,65,81)(H,66,79)(H,67,82)(H,68,77)(H,69,85)(H,70,84)(H,71,80)(H,72,83)(H4,57,58,61)(H4,59,60,62)/t29-,30-,31-,32-,33-,34-,35-,36-,39-,40-/m0/s1. The Morgan fingerprint density at radius 3 is 1.30 bits per heavy atom. The highest BCUT2D eigenvalue weighted by Gasteiger charge is 2.36. The number of benzene rings is 1. The number of aromatic hydroxyl groups is 1. The molecule has 1 aromatic rings. The monoisotopic (exact) mass is 1300 g/mol. The smallest absolute Gasteiger partial charge is 0.244 e. The van der Waals surface area contributed by atoms with Crippen molar-refractivity contribution >= 4 is 121 Å². The topological polar surface area (TPSA) is 578 Å². The number of hydrogen-bond donors (Lipinski definition) is 22. The van der Waals surface area contributed by atoms with Crippen LogP contribution in [0.25, 0.3) is 0 Å². The Labute approximate surface area is 526 Å². The SMILES string of the molecule is CC(C)[C@H](NC(=O)[C@H](CS)NC(=O)[C@@H](NC(=O)[C@H](CCCN=C(N)N)NC(=O)[C@H](CCCCN)NC(=O)CNC(=O)[C@H](CC(N)=O)NC(=O)[C@H](CS)NC(=O)[C@@H](N)Cc1ccc(O)cc1)C(C)C)C(=O)N[C@@H](CS)C(=O)N[C@@H](CCCN=C(N)N)C(N)=O. The molecule has 0 aliphatic rings. The lowest BCUT2D eigenvalue weighted by molar-refractivity contribution is -0.136. The van der Waals surface area contributed by atoms with Gasteiger partial charge >= 0.3 is 0 Å². The van der Waals surface area contributed by atoms with E-state index in [2.05, 4.69) is 101 Å². The fourth-order valence-electron chi connectivity index (χ4n) is 8.03. The zero-order chi connectivity index (χ0) is 66.8. The minimum atomic E-state index is -1.66. The van der Waals surface area contributed by atoms with Crippen molar-refractivity contribution in [3.8, 4) is 5.75 Å². The molecule has 494 valence electrons. The number of phenolic OH excluding ortho intramolecular Hbond substituents is 1. The van der Waals surface area contributed by atoms with E-state index in [-0.39, 0.29) is 99.5 Å². The molecule has 36 heteroatoms. The minimum Gasteiger partial charge on any atom is -0.508 e. The minimum absolute atomic E-state index is 0.000486. The van der Waals surface area contributed by atoms with Gasteiger partial charge in [0.25, 0.3) is 0 Å². The third kappa shape index (κ3) is 30.2. The van der Waals surface area contributed by atoms with Gasteiger partial charge in [0.15, 0.2) is 11.9 Å². The van der Waals surface area contributed by atoms with Gasteiger partial charge in [0, 0.05) is 30.3 Å².